The molecule has 0 aromatic carbocycles. The van der Waals surface area contributed by atoms with Gasteiger partial charge >= 0.3 is 0 Å². The first-order valence-electron chi connectivity index (χ1n) is 7.00. The van der Waals surface area contributed by atoms with Crippen LogP contribution < -0.4 is 5.32 Å². The van der Waals surface area contributed by atoms with Crippen LogP contribution in [0.15, 0.2) is 0 Å². The molecule has 1 atom stereocenters. The van der Waals surface area contributed by atoms with Gasteiger partial charge in [-0.25, -0.2) is 0 Å². The molecule has 1 N–H and O–H groups in total. The third kappa shape index (κ3) is 3.67. The second-order valence-electron chi connectivity index (χ2n) is 6.76. The Labute approximate surface area is 106 Å². The van der Waals surface area contributed by atoms with Gasteiger partial charge in [0.25, 0.3) is 0 Å². The molecule has 2 rings (SSSR count). The molecule has 100 valence electrons. The minimum atomic E-state index is 0.255. The van der Waals surface area contributed by atoms with Gasteiger partial charge in [-0.15, -0.1) is 0 Å². The van der Waals surface area contributed by atoms with Gasteiger partial charge < -0.3 is 10.1 Å². The van der Waals surface area contributed by atoms with E-state index in [1.807, 2.05) is 7.11 Å². The summed E-state index contributed by atoms with van der Waals surface area (Å²) in [6.45, 7) is 10.5. The molecule has 1 saturated heterocycles. The van der Waals surface area contributed by atoms with E-state index in [2.05, 4.69) is 31.0 Å². The molecule has 0 spiro atoms. The van der Waals surface area contributed by atoms with Gasteiger partial charge in [-0.1, -0.05) is 0 Å². The second-order valence-corrected chi connectivity index (χ2v) is 6.76. The van der Waals surface area contributed by atoms with E-state index in [4.69, 9.17) is 4.74 Å². The SMILES string of the molecule is COC1CC(N2CCC(CNC(C)(C)C)C2)C1. The third-order valence-electron chi connectivity index (χ3n) is 4.16. The van der Waals surface area contributed by atoms with Gasteiger partial charge in [-0.2, -0.15) is 0 Å². The fourth-order valence-electron chi connectivity index (χ4n) is 2.84. The van der Waals surface area contributed by atoms with Gasteiger partial charge in [-0.3, -0.25) is 4.90 Å². The van der Waals surface area contributed by atoms with Crippen LogP contribution in [0.25, 0.3) is 0 Å². The van der Waals surface area contributed by atoms with Crippen molar-refractivity contribution in [2.45, 2.75) is 57.7 Å². The van der Waals surface area contributed by atoms with Crippen LogP contribution in [-0.2, 0) is 4.74 Å². The second kappa shape index (κ2) is 5.25. The summed E-state index contributed by atoms with van der Waals surface area (Å²) in [6.07, 6.45) is 4.38. The molecule has 1 unspecified atom stereocenters. The Bertz CT molecular complexity index is 243. The van der Waals surface area contributed by atoms with Crippen molar-refractivity contribution in [1.82, 2.24) is 10.2 Å². The normalized spacial score (nSPS) is 34.9. The summed E-state index contributed by atoms with van der Waals surface area (Å²) in [5, 5.41) is 3.63. The Balaban J connectivity index is 1.66. The maximum atomic E-state index is 5.36. The van der Waals surface area contributed by atoms with Gasteiger partial charge in [0.2, 0.25) is 0 Å². The van der Waals surface area contributed by atoms with Crippen molar-refractivity contribution < 1.29 is 4.74 Å². The number of likely N-dealkylation sites (tertiary alicyclic amines) is 1. The van der Waals surface area contributed by atoms with E-state index in [0.717, 1.165) is 12.0 Å². The van der Waals surface area contributed by atoms with E-state index < -0.39 is 0 Å². The Hall–Kier alpha value is -0.120. The highest BCUT2D eigenvalue weighted by Crippen LogP contribution is 2.31. The average molecular weight is 240 g/mol. The van der Waals surface area contributed by atoms with Gasteiger partial charge in [0.05, 0.1) is 6.10 Å². The number of hydrogen-bond acceptors (Lipinski definition) is 3. The average Bonchev–Trinajstić information content (AvgIpc) is 2.61. The van der Waals surface area contributed by atoms with Crippen molar-refractivity contribution >= 4 is 0 Å². The van der Waals surface area contributed by atoms with E-state index in [9.17, 15) is 0 Å². The third-order valence-corrected chi connectivity index (χ3v) is 4.16. The minimum absolute atomic E-state index is 0.255. The molecule has 0 bridgehead atoms. The van der Waals surface area contributed by atoms with E-state index in [0.29, 0.717) is 6.10 Å². The van der Waals surface area contributed by atoms with E-state index in [1.54, 1.807) is 0 Å². The number of rotatable bonds is 4. The zero-order valence-electron chi connectivity index (χ0n) is 11.8. The van der Waals surface area contributed by atoms with E-state index in [-0.39, 0.29) is 5.54 Å². The molecule has 0 aromatic rings. The van der Waals surface area contributed by atoms with Gasteiger partial charge in [-0.05, 0) is 59.0 Å². The topological polar surface area (TPSA) is 24.5 Å². The van der Waals surface area contributed by atoms with E-state index in [1.165, 1.54) is 38.9 Å². The molecule has 1 saturated carbocycles. The number of ether oxygens (including phenoxy) is 1. The predicted molar refractivity (Wildman–Crippen MR) is 71.3 cm³/mol. The summed E-state index contributed by atoms with van der Waals surface area (Å²) in [6, 6.07) is 0.805. The fourth-order valence-corrected chi connectivity index (χ4v) is 2.84. The summed E-state index contributed by atoms with van der Waals surface area (Å²) in [7, 11) is 1.83. The fraction of sp³-hybridized carbons (Fsp3) is 1.00. The van der Waals surface area contributed by atoms with Crippen LogP contribution in [-0.4, -0.2) is 49.3 Å². The Morgan fingerprint density at radius 2 is 2.00 bits per heavy atom. The van der Waals surface area contributed by atoms with Crippen LogP contribution >= 0.6 is 0 Å². The van der Waals surface area contributed by atoms with Crippen LogP contribution in [0.1, 0.15) is 40.0 Å². The van der Waals surface area contributed by atoms with E-state index >= 15 is 0 Å². The van der Waals surface area contributed by atoms with Gasteiger partial charge in [0.1, 0.15) is 0 Å². The zero-order valence-corrected chi connectivity index (χ0v) is 11.8. The first kappa shape index (κ1) is 13.3. The van der Waals surface area contributed by atoms with Crippen LogP contribution in [0.2, 0.25) is 0 Å². The van der Waals surface area contributed by atoms with Crippen molar-refractivity contribution in [2.24, 2.45) is 5.92 Å². The summed E-state index contributed by atoms with van der Waals surface area (Å²) in [4.78, 5) is 2.67. The molecule has 0 aromatic heterocycles. The molecule has 1 aliphatic carbocycles. The number of nitrogens with one attached hydrogen (secondary N) is 1. The molecule has 0 radical (unpaired) electrons. The lowest BCUT2D eigenvalue weighted by atomic mass is 9.88. The number of hydrogen-bond donors (Lipinski definition) is 1. The zero-order chi connectivity index (χ0) is 12.5. The van der Waals surface area contributed by atoms with Crippen LogP contribution in [0.3, 0.4) is 0 Å². The lowest BCUT2D eigenvalue weighted by Crippen LogP contribution is -2.47. The molecule has 1 heterocycles. The van der Waals surface area contributed by atoms with Gasteiger partial charge in [0.15, 0.2) is 0 Å². The van der Waals surface area contributed by atoms with Crippen LogP contribution in [0.4, 0.5) is 0 Å². The number of methoxy groups -OCH3 is 1. The molecule has 2 aliphatic rings. The van der Waals surface area contributed by atoms with Crippen LogP contribution in [0.5, 0.6) is 0 Å². The first-order valence-corrected chi connectivity index (χ1v) is 7.00. The molecule has 1 aliphatic heterocycles. The predicted octanol–water partition coefficient (Wildman–Crippen LogP) is 1.87. The molecular formula is C14H28N2O. The molecular weight excluding hydrogens is 212 g/mol. The van der Waals surface area contributed by atoms with Crippen molar-refractivity contribution in [3.63, 3.8) is 0 Å². The molecule has 3 heteroatoms. The number of nitrogens with zero attached hydrogens (tertiary/aromatic N) is 1. The standard InChI is InChI=1S/C14H28N2O/c1-14(2,3)15-9-11-5-6-16(10-11)12-7-13(8-12)17-4/h11-13,15H,5-10H2,1-4H3. The summed E-state index contributed by atoms with van der Waals surface area (Å²) in [5.41, 5.74) is 0.255. The first-order chi connectivity index (χ1) is 7.98. The molecule has 2 fully saturated rings. The van der Waals surface area contributed by atoms with Gasteiger partial charge in [0, 0.05) is 25.2 Å². The van der Waals surface area contributed by atoms with Crippen LogP contribution in [0, 0.1) is 5.92 Å². The summed E-state index contributed by atoms with van der Waals surface area (Å²) < 4.78 is 5.36. The molecule has 17 heavy (non-hydrogen) atoms. The highest BCUT2D eigenvalue weighted by molar-refractivity contribution is 4.92. The molecule has 0 amide bonds. The Morgan fingerprint density at radius 1 is 1.29 bits per heavy atom. The molecule has 3 nitrogen and oxygen atoms in total. The smallest absolute Gasteiger partial charge is 0.0601 e. The quantitative estimate of drug-likeness (QED) is 0.812. The lowest BCUT2D eigenvalue weighted by molar-refractivity contribution is -0.0211. The Kier molecular flexibility index (Phi) is 4.11. The summed E-state index contributed by atoms with van der Waals surface area (Å²) in [5.74, 6) is 0.843. The van der Waals surface area contributed by atoms with Crippen molar-refractivity contribution in [2.75, 3.05) is 26.7 Å². The lowest BCUT2D eigenvalue weighted by Gasteiger charge is -2.40. The largest absolute Gasteiger partial charge is 0.381 e. The monoisotopic (exact) mass is 240 g/mol. The minimum Gasteiger partial charge on any atom is -0.381 e. The summed E-state index contributed by atoms with van der Waals surface area (Å²) >= 11 is 0. The highest BCUT2D eigenvalue weighted by Gasteiger charge is 2.37. The highest BCUT2D eigenvalue weighted by atomic mass is 16.5. The maximum absolute atomic E-state index is 5.36. The maximum Gasteiger partial charge on any atom is 0.0601 e. The Morgan fingerprint density at radius 3 is 2.59 bits per heavy atom. The van der Waals surface area contributed by atoms with Crippen molar-refractivity contribution in [1.29, 1.82) is 0 Å². The van der Waals surface area contributed by atoms with Crippen molar-refractivity contribution in [3.05, 3.63) is 0 Å². The van der Waals surface area contributed by atoms with Crippen molar-refractivity contribution in [3.8, 4) is 0 Å².